The molecule has 1 nitrogen and oxygen atoms in total. The van der Waals surface area contributed by atoms with Crippen molar-refractivity contribution in [3.05, 3.63) is 29.0 Å². The Kier molecular flexibility index (Phi) is 5.14. The van der Waals surface area contributed by atoms with Crippen LogP contribution < -0.4 is 4.74 Å². The van der Waals surface area contributed by atoms with Gasteiger partial charge < -0.3 is 4.74 Å². The van der Waals surface area contributed by atoms with Crippen molar-refractivity contribution < 1.29 is 9.13 Å². The zero-order valence-electron chi connectivity index (χ0n) is 10.3. The SMILES string of the molecule is CC(C)(C)C(CS)COc1ccc(F)c(Cl)c1. The molecule has 0 aromatic heterocycles. The number of thiol groups is 1. The first-order chi connectivity index (χ1) is 7.84. The van der Waals surface area contributed by atoms with Crippen molar-refractivity contribution in [2.45, 2.75) is 20.8 Å². The van der Waals surface area contributed by atoms with E-state index in [1.54, 1.807) is 6.07 Å². The van der Waals surface area contributed by atoms with E-state index in [0.717, 1.165) is 5.75 Å². The van der Waals surface area contributed by atoms with E-state index in [4.69, 9.17) is 16.3 Å². The van der Waals surface area contributed by atoms with E-state index in [1.807, 2.05) is 0 Å². The van der Waals surface area contributed by atoms with Crippen molar-refractivity contribution in [3.8, 4) is 5.75 Å². The van der Waals surface area contributed by atoms with Crippen molar-refractivity contribution in [2.75, 3.05) is 12.4 Å². The highest BCUT2D eigenvalue weighted by Crippen LogP contribution is 2.28. The molecule has 96 valence electrons. The highest BCUT2D eigenvalue weighted by atomic mass is 35.5. The lowest BCUT2D eigenvalue weighted by Crippen LogP contribution is -2.28. The van der Waals surface area contributed by atoms with Gasteiger partial charge in [0.15, 0.2) is 0 Å². The molecule has 17 heavy (non-hydrogen) atoms. The Morgan fingerprint density at radius 3 is 2.53 bits per heavy atom. The second kappa shape index (κ2) is 5.96. The first-order valence-electron chi connectivity index (χ1n) is 5.53. The zero-order valence-corrected chi connectivity index (χ0v) is 12.0. The minimum atomic E-state index is -0.430. The molecule has 0 heterocycles. The van der Waals surface area contributed by atoms with Crippen molar-refractivity contribution in [1.29, 1.82) is 0 Å². The van der Waals surface area contributed by atoms with Crippen LogP contribution in [-0.4, -0.2) is 12.4 Å². The van der Waals surface area contributed by atoms with Crippen LogP contribution in [0, 0.1) is 17.2 Å². The summed E-state index contributed by atoms with van der Waals surface area (Å²) in [5, 5.41) is 0.0840. The van der Waals surface area contributed by atoms with Gasteiger partial charge in [-0.2, -0.15) is 12.6 Å². The summed E-state index contributed by atoms with van der Waals surface area (Å²) in [6.07, 6.45) is 0. The third kappa shape index (κ3) is 4.40. The average Bonchev–Trinajstić information content (AvgIpc) is 2.22. The van der Waals surface area contributed by atoms with Gasteiger partial charge in [0.1, 0.15) is 11.6 Å². The number of hydrogen-bond donors (Lipinski definition) is 1. The fourth-order valence-corrected chi connectivity index (χ4v) is 2.16. The molecule has 0 aliphatic heterocycles. The van der Waals surface area contributed by atoms with Gasteiger partial charge in [0.05, 0.1) is 11.6 Å². The molecule has 1 aromatic carbocycles. The van der Waals surface area contributed by atoms with E-state index >= 15 is 0 Å². The minimum absolute atomic E-state index is 0.0840. The van der Waals surface area contributed by atoms with Crippen LogP contribution in [-0.2, 0) is 0 Å². The lowest BCUT2D eigenvalue weighted by molar-refractivity contribution is 0.165. The van der Waals surface area contributed by atoms with Crippen molar-refractivity contribution in [2.24, 2.45) is 11.3 Å². The molecule has 0 N–H and O–H groups in total. The van der Waals surface area contributed by atoms with Crippen LogP contribution in [0.4, 0.5) is 4.39 Å². The quantitative estimate of drug-likeness (QED) is 0.800. The number of benzene rings is 1. The third-order valence-corrected chi connectivity index (χ3v) is 3.52. The highest BCUT2D eigenvalue weighted by molar-refractivity contribution is 7.80. The number of ether oxygens (including phenoxy) is 1. The zero-order chi connectivity index (χ0) is 13.1. The molecular formula is C13H18ClFOS. The Morgan fingerprint density at radius 2 is 2.06 bits per heavy atom. The van der Waals surface area contributed by atoms with E-state index in [-0.39, 0.29) is 10.4 Å². The molecule has 1 unspecified atom stereocenters. The van der Waals surface area contributed by atoms with Crippen molar-refractivity contribution >= 4 is 24.2 Å². The summed E-state index contributed by atoms with van der Waals surface area (Å²) in [6, 6.07) is 4.39. The molecule has 1 atom stereocenters. The molecule has 0 aliphatic carbocycles. The Balaban J connectivity index is 2.63. The number of hydrogen-bond acceptors (Lipinski definition) is 2. The molecule has 0 amide bonds. The molecule has 0 radical (unpaired) electrons. The molecule has 0 spiro atoms. The normalized spacial score (nSPS) is 13.5. The summed E-state index contributed by atoms with van der Waals surface area (Å²) in [6.45, 7) is 6.99. The van der Waals surface area contributed by atoms with Gasteiger partial charge in [0.2, 0.25) is 0 Å². The van der Waals surface area contributed by atoms with Crippen LogP contribution in [0.15, 0.2) is 18.2 Å². The second-order valence-electron chi connectivity index (χ2n) is 5.13. The van der Waals surface area contributed by atoms with Crippen LogP contribution in [0.25, 0.3) is 0 Å². The van der Waals surface area contributed by atoms with Gasteiger partial charge in [-0.25, -0.2) is 4.39 Å². The topological polar surface area (TPSA) is 9.23 Å². The van der Waals surface area contributed by atoms with Crippen molar-refractivity contribution in [1.82, 2.24) is 0 Å². The van der Waals surface area contributed by atoms with Gasteiger partial charge in [-0.05, 0) is 23.3 Å². The van der Waals surface area contributed by atoms with E-state index < -0.39 is 5.82 Å². The van der Waals surface area contributed by atoms with Gasteiger partial charge in [0.25, 0.3) is 0 Å². The van der Waals surface area contributed by atoms with Crippen LogP contribution in [0.5, 0.6) is 5.75 Å². The Morgan fingerprint density at radius 1 is 1.41 bits per heavy atom. The second-order valence-corrected chi connectivity index (χ2v) is 5.90. The van der Waals surface area contributed by atoms with Crippen LogP contribution in [0.1, 0.15) is 20.8 Å². The maximum atomic E-state index is 13.0. The third-order valence-electron chi connectivity index (χ3n) is 2.79. The molecule has 0 saturated heterocycles. The lowest BCUT2D eigenvalue weighted by atomic mass is 9.82. The molecule has 0 saturated carbocycles. The maximum absolute atomic E-state index is 13.0. The molecule has 1 rings (SSSR count). The van der Waals surface area contributed by atoms with Gasteiger partial charge >= 0.3 is 0 Å². The Labute approximate surface area is 113 Å². The van der Waals surface area contributed by atoms with Gasteiger partial charge in [-0.15, -0.1) is 0 Å². The largest absolute Gasteiger partial charge is 0.493 e. The fourth-order valence-electron chi connectivity index (χ4n) is 1.34. The average molecular weight is 277 g/mol. The molecule has 4 heteroatoms. The molecule has 0 bridgehead atoms. The first kappa shape index (κ1) is 14.7. The Hall–Kier alpha value is -0.410. The Bertz CT molecular complexity index is 376. The summed E-state index contributed by atoms with van der Waals surface area (Å²) in [5.41, 5.74) is 0.131. The van der Waals surface area contributed by atoms with Crippen LogP contribution in [0.2, 0.25) is 5.02 Å². The number of rotatable bonds is 4. The van der Waals surface area contributed by atoms with E-state index in [9.17, 15) is 4.39 Å². The first-order valence-corrected chi connectivity index (χ1v) is 6.54. The smallest absolute Gasteiger partial charge is 0.142 e. The molecule has 0 aliphatic rings. The van der Waals surface area contributed by atoms with Crippen LogP contribution in [0.3, 0.4) is 0 Å². The van der Waals surface area contributed by atoms with E-state index in [0.29, 0.717) is 18.3 Å². The standard InChI is InChI=1S/C13H18ClFOS/c1-13(2,3)9(8-17)7-16-10-4-5-12(15)11(14)6-10/h4-6,9,17H,7-8H2,1-3H3. The summed E-state index contributed by atoms with van der Waals surface area (Å²) in [5.74, 6) is 1.24. The number of halogens is 2. The lowest BCUT2D eigenvalue weighted by Gasteiger charge is -2.29. The summed E-state index contributed by atoms with van der Waals surface area (Å²) < 4.78 is 18.6. The summed E-state index contributed by atoms with van der Waals surface area (Å²) >= 11 is 10.0. The summed E-state index contributed by atoms with van der Waals surface area (Å²) in [4.78, 5) is 0. The summed E-state index contributed by atoms with van der Waals surface area (Å²) in [7, 11) is 0. The highest BCUT2D eigenvalue weighted by Gasteiger charge is 2.23. The molecule has 1 aromatic rings. The van der Waals surface area contributed by atoms with Gasteiger partial charge in [-0.1, -0.05) is 32.4 Å². The predicted octanol–water partition coefficient (Wildman–Crippen LogP) is 4.45. The van der Waals surface area contributed by atoms with E-state index in [2.05, 4.69) is 33.4 Å². The predicted molar refractivity (Wildman–Crippen MR) is 73.7 cm³/mol. The van der Waals surface area contributed by atoms with Crippen LogP contribution >= 0.6 is 24.2 Å². The molecular weight excluding hydrogens is 259 g/mol. The monoisotopic (exact) mass is 276 g/mol. The minimum Gasteiger partial charge on any atom is -0.493 e. The molecule has 0 fully saturated rings. The van der Waals surface area contributed by atoms with Crippen molar-refractivity contribution in [3.63, 3.8) is 0 Å². The van der Waals surface area contributed by atoms with Gasteiger partial charge in [-0.3, -0.25) is 0 Å². The van der Waals surface area contributed by atoms with Gasteiger partial charge in [0, 0.05) is 12.0 Å². The fraction of sp³-hybridized carbons (Fsp3) is 0.538. The van der Waals surface area contributed by atoms with E-state index in [1.165, 1.54) is 12.1 Å². The maximum Gasteiger partial charge on any atom is 0.142 e.